The second-order valence-electron chi connectivity index (χ2n) is 8.78. The van der Waals surface area contributed by atoms with Crippen molar-refractivity contribution in [3.8, 4) is 11.5 Å². The van der Waals surface area contributed by atoms with E-state index in [1.165, 1.54) is 0 Å². The van der Waals surface area contributed by atoms with Crippen molar-refractivity contribution >= 4 is 23.4 Å². The third-order valence-electron chi connectivity index (χ3n) is 5.89. The summed E-state index contributed by atoms with van der Waals surface area (Å²) >= 11 is 6.00. The molecule has 1 aliphatic rings. The van der Waals surface area contributed by atoms with Gasteiger partial charge < -0.3 is 14.4 Å². The first-order chi connectivity index (χ1) is 16.4. The fraction of sp³-hybridized carbons (Fsp3) is 0.333. The Hall–Kier alpha value is -3.09. The molecule has 7 heteroatoms. The Morgan fingerprint density at radius 1 is 1.15 bits per heavy atom. The largest absolute Gasteiger partial charge is 0.459 e. The number of anilines is 1. The highest BCUT2D eigenvalue weighted by molar-refractivity contribution is 6.30. The van der Waals surface area contributed by atoms with E-state index in [0.29, 0.717) is 16.4 Å². The highest BCUT2D eigenvalue weighted by Crippen LogP contribution is 2.29. The highest BCUT2D eigenvalue weighted by atomic mass is 35.5. The maximum absolute atomic E-state index is 12.6. The van der Waals surface area contributed by atoms with E-state index >= 15 is 0 Å². The monoisotopic (exact) mass is 479 g/mol. The number of hydrogen-bond donors (Lipinski definition) is 0. The van der Waals surface area contributed by atoms with E-state index in [2.05, 4.69) is 20.9 Å². The number of pyridine rings is 1. The SMILES string of the molecule is CC(C)OC(=O)c1cccnc1N(C)C1CCN(Cc2ccccc2Oc2ccc(Cl)cc2)C1. The molecule has 0 bridgehead atoms. The fourth-order valence-corrected chi connectivity index (χ4v) is 4.29. The summed E-state index contributed by atoms with van der Waals surface area (Å²) in [4.78, 5) is 21.6. The molecule has 4 rings (SSSR count). The molecule has 178 valence electrons. The molecule has 0 spiro atoms. The van der Waals surface area contributed by atoms with Gasteiger partial charge in [0.2, 0.25) is 0 Å². The number of nitrogens with zero attached hydrogens (tertiary/aromatic N) is 3. The summed E-state index contributed by atoms with van der Waals surface area (Å²) in [5.41, 5.74) is 1.62. The highest BCUT2D eigenvalue weighted by Gasteiger charge is 2.29. The van der Waals surface area contributed by atoms with Crippen molar-refractivity contribution in [3.05, 3.63) is 83.0 Å². The van der Waals surface area contributed by atoms with Crippen molar-refractivity contribution in [2.75, 3.05) is 25.0 Å². The van der Waals surface area contributed by atoms with Gasteiger partial charge >= 0.3 is 5.97 Å². The Kier molecular flexibility index (Phi) is 7.70. The van der Waals surface area contributed by atoms with Crippen molar-refractivity contribution in [1.82, 2.24) is 9.88 Å². The number of halogens is 1. The lowest BCUT2D eigenvalue weighted by Gasteiger charge is -2.27. The lowest BCUT2D eigenvalue weighted by molar-refractivity contribution is 0.0378. The molecular weight excluding hydrogens is 450 g/mol. The first-order valence-electron chi connectivity index (χ1n) is 11.5. The van der Waals surface area contributed by atoms with Crippen molar-refractivity contribution in [3.63, 3.8) is 0 Å². The maximum atomic E-state index is 12.6. The molecule has 1 fully saturated rings. The summed E-state index contributed by atoms with van der Waals surface area (Å²) in [6, 6.07) is 19.3. The van der Waals surface area contributed by atoms with Gasteiger partial charge in [0.25, 0.3) is 0 Å². The summed E-state index contributed by atoms with van der Waals surface area (Å²) < 4.78 is 11.6. The Labute approximate surface area is 206 Å². The van der Waals surface area contributed by atoms with E-state index in [1.54, 1.807) is 18.3 Å². The van der Waals surface area contributed by atoms with Gasteiger partial charge in [-0.2, -0.15) is 0 Å². The molecular formula is C27H30ClN3O3. The number of ether oxygens (including phenoxy) is 2. The molecule has 0 N–H and O–H groups in total. The van der Waals surface area contributed by atoms with Gasteiger partial charge in [-0.15, -0.1) is 0 Å². The van der Waals surface area contributed by atoms with Gasteiger partial charge in [0, 0.05) is 49.5 Å². The number of para-hydroxylation sites is 1. The van der Waals surface area contributed by atoms with Crippen LogP contribution in [0.4, 0.5) is 5.82 Å². The number of carbonyl (C=O) groups excluding carboxylic acids is 1. The van der Waals surface area contributed by atoms with Crippen LogP contribution in [0.15, 0.2) is 66.9 Å². The Balaban J connectivity index is 1.43. The van der Waals surface area contributed by atoms with Crippen LogP contribution in [0.25, 0.3) is 0 Å². The third kappa shape index (κ3) is 5.88. The van der Waals surface area contributed by atoms with E-state index in [1.807, 2.05) is 63.4 Å². The minimum absolute atomic E-state index is 0.178. The molecule has 1 unspecified atom stereocenters. The number of rotatable bonds is 8. The zero-order valence-corrected chi connectivity index (χ0v) is 20.5. The molecule has 0 amide bonds. The van der Waals surface area contributed by atoms with Gasteiger partial charge in [-0.3, -0.25) is 4.90 Å². The number of likely N-dealkylation sites (N-methyl/N-ethyl adjacent to an activating group) is 1. The molecule has 6 nitrogen and oxygen atoms in total. The number of carbonyl (C=O) groups is 1. The zero-order valence-electron chi connectivity index (χ0n) is 19.8. The Morgan fingerprint density at radius 3 is 2.68 bits per heavy atom. The lowest BCUT2D eigenvalue weighted by Crippen LogP contribution is -2.36. The third-order valence-corrected chi connectivity index (χ3v) is 6.14. The lowest BCUT2D eigenvalue weighted by atomic mass is 10.2. The van der Waals surface area contributed by atoms with Crippen molar-refractivity contribution in [2.45, 2.75) is 39.0 Å². The van der Waals surface area contributed by atoms with Gasteiger partial charge in [-0.1, -0.05) is 29.8 Å². The van der Waals surface area contributed by atoms with Gasteiger partial charge in [0.1, 0.15) is 22.9 Å². The number of hydrogen-bond acceptors (Lipinski definition) is 6. The number of aromatic nitrogens is 1. The van der Waals surface area contributed by atoms with Gasteiger partial charge in [0.05, 0.1) is 6.10 Å². The molecule has 1 atom stereocenters. The molecule has 0 saturated carbocycles. The normalized spacial score (nSPS) is 16.0. The number of likely N-dealkylation sites (tertiary alicyclic amines) is 1. The van der Waals surface area contributed by atoms with Crippen molar-refractivity contribution in [2.24, 2.45) is 0 Å². The van der Waals surface area contributed by atoms with Crippen molar-refractivity contribution in [1.29, 1.82) is 0 Å². The van der Waals surface area contributed by atoms with Gasteiger partial charge in [-0.25, -0.2) is 9.78 Å². The topological polar surface area (TPSA) is 54.9 Å². The number of benzene rings is 2. The first kappa shape index (κ1) is 24.0. The molecule has 2 heterocycles. The van der Waals surface area contributed by atoms with Crippen LogP contribution in [0.1, 0.15) is 36.2 Å². The average Bonchev–Trinajstić information content (AvgIpc) is 3.29. The van der Waals surface area contributed by atoms with E-state index in [4.69, 9.17) is 21.1 Å². The van der Waals surface area contributed by atoms with Crippen LogP contribution in [0, 0.1) is 0 Å². The van der Waals surface area contributed by atoms with Crippen LogP contribution in [0.5, 0.6) is 11.5 Å². The minimum Gasteiger partial charge on any atom is -0.459 e. The zero-order chi connectivity index (χ0) is 24.1. The van der Waals surface area contributed by atoms with Crippen LogP contribution in [-0.4, -0.2) is 48.1 Å². The summed E-state index contributed by atoms with van der Waals surface area (Å²) in [7, 11) is 2.00. The molecule has 1 aromatic heterocycles. The maximum Gasteiger partial charge on any atom is 0.342 e. The summed E-state index contributed by atoms with van der Waals surface area (Å²) in [5.74, 6) is 1.91. The van der Waals surface area contributed by atoms with Crippen LogP contribution in [0.3, 0.4) is 0 Å². The van der Waals surface area contributed by atoms with Gasteiger partial charge in [-0.05, 0) is 62.7 Å². The molecule has 0 radical (unpaired) electrons. The molecule has 1 saturated heterocycles. The first-order valence-corrected chi connectivity index (χ1v) is 11.9. The molecule has 1 aliphatic heterocycles. The predicted octanol–water partition coefficient (Wildman–Crippen LogP) is 5.80. The van der Waals surface area contributed by atoms with Crippen LogP contribution in [0.2, 0.25) is 5.02 Å². The quantitative estimate of drug-likeness (QED) is 0.380. The van der Waals surface area contributed by atoms with E-state index in [0.717, 1.165) is 43.1 Å². The molecule has 0 aliphatic carbocycles. The van der Waals surface area contributed by atoms with E-state index in [9.17, 15) is 4.79 Å². The Morgan fingerprint density at radius 2 is 1.91 bits per heavy atom. The molecule has 34 heavy (non-hydrogen) atoms. The Bertz CT molecular complexity index is 1120. The summed E-state index contributed by atoms with van der Waals surface area (Å²) in [6.07, 6.45) is 2.52. The number of esters is 1. The summed E-state index contributed by atoms with van der Waals surface area (Å²) in [5, 5.41) is 0.682. The second-order valence-corrected chi connectivity index (χ2v) is 9.22. The van der Waals surface area contributed by atoms with Crippen LogP contribution < -0.4 is 9.64 Å². The van der Waals surface area contributed by atoms with Crippen LogP contribution >= 0.6 is 11.6 Å². The van der Waals surface area contributed by atoms with Gasteiger partial charge in [0.15, 0.2) is 0 Å². The fourth-order valence-electron chi connectivity index (χ4n) is 4.16. The standard InChI is InChI=1S/C27H30ClN3O3/c1-19(2)33-27(32)24-8-6-15-29-26(24)30(3)22-14-16-31(18-22)17-20-7-4-5-9-25(20)34-23-12-10-21(28)11-13-23/h4-13,15,19,22H,14,16-18H2,1-3H3. The van der Waals surface area contributed by atoms with Crippen LogP contribution in [-0.2, 0) is 11.3 Å². The summed E-state index contributed by atoms with van der Waals surface area (Å²) in [6.45, 7) is 6.28. The molecule has 3 aromatic rings. The minimum atomic E-state index is -0.340. The average molecular weight is 480 g/mol. The smallest absolute Gasteiger partial charge is 0.342 e. The predicted molar refractivity (Wildman–Crippen MR) is 135 cm³/mol. The molecule has 2 aromatic carbocycles. The van der Waals surface area contributed by atoms with Crippen molar-refractivity contribution < 1.29 is 14.3 Å². The van der Waals surface area contributed by atoms with E-state index in [-0.39, 0.29) is 18.1 Å². The second kappa shape index (κ2) is 10.9. The van der Waals surface area contributed by atoms with E-state index < -0.39 is 0 Å².